The molecule has 2 amide bonds. The summed E-state index contributed by atoms with van der Waals surface area (Å²) in [6, 6.07) is 10.5. The van der Waals surface area contributed by atoms with Gasteiger partial charge in [-0.2, -0.15) is 0 Å². The van der Waals surface area contributed by atoms with Gasteiger partial charge in [0, 0.05) is 5.39 Å². The standard InChI is InChI=1S/C14H8Br2N2O3S/c15-8-3-1-2-7-6-9(21-12(7)8)13(19)17-18-14(20)10-4-5-11(16)22-10/h1-6H,(H,17,19)(H,18,20). The van der Waals surface area contributed by atoms with Crippen molar-refractivity contribution in [1.82, 2.24) is 10.9 Å². The predicted molar refractivity (Wildman–Crippen MR) is 90.9 cm³/mol. The number of rotatable bonds is 2. The van der Waals surface area contributed by atoms with Gasteiger partial charge in [-0.05, 0) is 56.1 Å². The molecule has 0 aliphatic heterocycles. The van der Waals surface area contributed by atoms with Crippen LogP contribution in [0.5, 0.6) is 0 Å². The van der Waals surface area contributed by atoms with Gasteiger partial charge in [-0.3, -0.25) is 20.4 Å². The van der Waals surface area contributed by atoms with Gasteiger partial charge in [-0.15, -0.1) is 11.3 Å². The minimum absolute atomic E-state index is 0.120. The van der Waals surface area contributed by atoms with Gasteiger partial charge in [0.05, 0.1) is 13.1 Å². The Morgan fingerprint density at radius 3 is 2.50 bits per heavy atom. The Bertz CT molecular complexity index is 872. The van der Waals surface area contributed by atoms with Crippen molar-refractivity contribution in [2.24, 2.45) is 0 Å². The second kappa shape index (κ2) is 6.23. The molecule has 3 aromatic rings. The number of benzene rings is 1. The number of hydrazine groups is 1. The number of amides is 2. The summed E-state index contributed by atoms with van der Waals surface area (Å²) in [6.45, 7) is 0. The SMILES string of the molecule is O=C(NNC(=O)c1ccc(Br)s1)c1cc2cccc(Br)c2o1. The van der Waals surface area contributed by atoms with Crippen molar-refractivity contribution < 1.29 is 14.0 Å². The largest absolute Gasteiger partial charge is 0.450 e. The average molecular weight is 444 g/mol. The van der Waals surface area contributed by atoms with Crippen LogP contribution in [0.15, 0.2) is 49.1 Å². The second-order valence-corrected chi connectivity index (χ2v) is 7.60. The van der Waals surface area contributed by atoms with Gasteiger partial charge in [0.2, 0.25) is 0 Å². The van der Waals surface area contributed by atoms with E-state index in [2.05, 4.69) is 42.7 Å². The molecule has 22 heavy (non-hydrogen) atoms. The fourth-order valence-electron chi connectivity index (χ4n) is 1.81. The van der Waals surface area contributed by atoms with E-state index in [1.165, 1.54) is 11.3 Å². The molecule has 0 fully saturated rings. The number of fused-ring (bicyclic) bond motifs is 1. The summed E-state index contributed by atoms with van der Waals surface area (Å²) in [5, 5.41) is 0.799. The maximum atomic E-state index is 12.0. The third-order valence-corrected chi connectivity index (χ3v) is 5.05. The highest BCUT2D eigenvalue weighted by Gasteiger charge is 2.15. The highest BCUT2D eigenvalue weighted by molar-refractivity contribution is 9.11. The Hall–Kier alpha value is -1.64. The van der Waals surface area contributed by atoms with Gasteiger partial charge in [-0.1, -0.05) is 12.1 Å². The number of furan rings is 1. The molecule has 5 nitrogen and oxygen atoms in total. The molecule has 2 aromatic heterocycles. The van der Waals surface area contributed by atoms with E-state index in [1.54, 1.807) is 18.2 Å². The first-order valence-electron chi connectivity index (χ1n) is 6.08. The van der Waals surface area contributed by atoms with E-state index in [-0.39, 0.29) is 11.7 Å². The summed E-state index contributed by atoms with van der Waals surface area (Å²) in [6.07, 6.45) is 0. The molecular formula is C14H8Br2N2O3S. The van der Waals surface area contributed by atoms with Crippen LogP contribution >= 0.6 is 43.2 Å². The van der Waals surface area contributed by atoms with Gasteiger partial charge in [0.1, 0.15) is 5.58 Å². The first-order valence-corrected chi connectivity index (χ1v) is 8.49. The Morgan fingerprint density at radius 1 is 1.05 bits per heavy atom. The highest BCUT2D eigenvalue weighted by atomic mass is 79.9. The van der Waals surface area contributed by atoms with Crippen LogP contribution in [0.4, 0.5) is 0 Å². The molecule has 0 atom stereocenters. The van der Waals surface area contributed by atoms with Crippen molar-refractivity contribution in [1.29, 1.82) is 0 Å². The summed E-state index contributed by atoms with van der Waals surface area (Å²) < 4.78 is 7.09. The van der Waals surface area contributed by atoms with Crippen LogP contribution in [0.1, 0.15) is 20.2 Å². The molecule has 2 N–H and O–H groups in total. The Kier molecular flexibility index (Phi) is 4.32. The lowest BCUT2D eigenvalue weighted by Crippen LogP contribution is -2.41. The van der Waals surface area contributed by atoms with E-state index in [0.717, 1.165) is 13.6 Å². The number of carbonyl (C=O) groups is 2. The summed E-state index contributed by atoms with van der Waals surface area (Å²) in [7, 11) is 0. The molecule has 8 heteroatoms. The molecule has 0 saturated heterocycles. The molecular weight excluding hydrogens is 436 g/mol. The lowest BCUT2D eigenvalue weighted by atomic mass is 10.2. The number of thiophene rings is 1. The van der Waals surface area contributed by atoms with Crippen LogP contribution in [0.3, 0.4) is 0 Å². The average Bonchev–Trinajstić information content (AvgIpc) is 3.11. The van der Waals surface area contributed by atoms with Crippen LogP contribution < -0.4 is 10.9 Å². The molecule has 0 bridgehead atoms. The van der Waals surface area contributed by atoms with E-state index in [0.29, 0.717) is 10.5 Å². The maximum Gasteiger partial charge on any atom is 0.305 e. The van der Waals surface area contributed by atoms with Crippen molar-refractivity contribution in [2.75, 3.05) is 0 Å². The minimum atomic E-state index is -0.521. The van der Waals surface area contributed by atoms with Crippen molar-refractivity contribution in [3.8, 4) is 0 Å². The zero-order chi connectivity index (χ0) is 15.7. The molecule has 0 radical (unpaired) electrons. The van der Waals surface area contributed by atoms with Crippen LogP contribution in [-0.4, -0.2) is 11.8 Å². The quantitative estimate of drug-likeness (QED) is 0.586. The van der Waals surface area contributed by atoms with E-state index >= 15 is 0 Å². The fraction of sp³-hybridized carbons (Fsp3) is 0. The molecule has 0 aliphatic carbocycles. The fourth-order valence-corrected chi connectivity index (χ4v) is 3.56. The number of halogens is 2. The molecule has 2 heterocycles. The Morgan fingerprint density at radius 2 is 1.82 bits per heavy atom. The van der Waals surface area contributed by atoms with Gasteiger partial charge < -0.3 is 4.42 Å². The number of hydrogen-bond donors (Lipinski definition) is 2. The molecule has 0 aliphatic rings. The van der Waals surface area contributed by atoms with Crippen molar-refractivity contribution in [3.63, 3.8) is 0 Å². The summed E-state index contributed by atoms with van der Waals surface area (Å²) >= 11 is 7.90. The lowest BCUT2D eigenvalue weighted by molar-refractivity contribution is 0.0834. The summed E-state index contributed by atoms with van der Waals surface area (Å²) in [5.41, 5.74) is 5.26. The monoisotopic (exact) mass is 442 g/mol. The van der Waals surface area contributed by atoms with Gasteiger partial charge in [-0.25, -0.2) is 0 Å². The minimum Gasteiger partial charge on any atom is -0.450 e. The Balaban J connectivity index is 1.71. The van der Waals surface area contributed by atoms with Crippen LogP contribution in [0, 0.1) is 0 Å². The predicted octanol–water partition coefficient (Wildman–Crippen LogP) is 4.09. The van der Waals surface area contributed by atoms with E-state index in [9.17, 15) is 9.59 Å². The first-order chi connectivity index (χ1) is 10.5. The zero-order valence-corrected chi connectivity index (χ0v) is 14.8. The van der Waals surface area contributed by atoms with E-state index < -0.39 is 5.91 Å². The molecule has 0 spiro atoms. The Labute approximate surface area is 145 Å². The van der Waals surface area contributed by atoms with Crippen LogP contribution in [0.25, 0.3) is 11.0 Å². The topological polar surface area (TPSA) is 71.3 Å². The molecule has 112 valence electrons. The first kappa shape index (κ1) is 15.3. The van der Waals surface area contributed by atoms with Crippen LogP contribution in [-0.2, 0) is 0 Å². The van der Waals surface area contributed by atoms with Crippen LogP contribution in [0.2, 0.25) is 0 Å². The number of para-hydroxylation sites is 1. The van der Waals surface area contributed by atoms with E-state index in [4.69, 9.17) is 4.42 Å². The second-order valence-electron chi connectivity index (χ2n) is 4.28. The maximum absolute atomic E-state index is 12.0. The van der Waals surface area contributed by atoms with Gasteiger partial charge >= 0.3 is 5.91 Å². The van der Waals surface area contributed by atoms with Crippen molar-refractivity contribution in [2.45, 2.75) is 0 Å². The smallest absolute Gasteiger partial charge is 0.305 e. The summed E-state index contributed by atoms with van der Waals surface area (Å²) in [5.74, 6) is -0.789. The highest BCUT2D eigenvalue weighted by Crippen LogP contribution is 2.26. The number of nitrogens with one attached hydrogen (secondary N) is 2. The van der Waals surface area contributed by atoms with Gasteiger partial charge in [0.15, 0.2) is 5.76 Å². The van der Waals surface area contributed by atoms with Gasteiger partial charge in [0.25, 0.3) is 5.91 Å². The zero-order valence-electron chi connectivity index (χ0n) is 10.9. The normalized spacial score (nSPS) is 10.6. The third-order valence-electron chi connectivity index (χ3n) is 2.81. The summed E-state index contributed by atoms with van der Waals surface area (Å²) in [4.78, 5) is 24.4. The number of carbonyl (C=O) groups excluding carboxylic acids is 2. The molecule has 3 rings (SSSR count). The third kappa shape index (κ3) is 3.08. The van der Waals surface area contributed by atoms with Crippen molar-refractivity contribution >= 4 is 66.0 Å². The lowest BCUT2D eigenvalue weighted by Gasteiger charge is -2.03. The number of hydrogen-bond acceptors (Lipinski definition) is 4. The molecule has 1 aromatic carbocycles. The molecule has 0 unspecified atom stereocenters. The van der Waals surface area contributed by atoms with E-state index in [1.807, 2.05) is 18.2 Å². The molecule has 0 saturated carbocycles. The van der Waals surface area contributed by atoms with Crippen molar-refractivity contribution in [3.05, 3.63) is 55.3 Å².